The lowest BCUT2D eigenvalue weighted by atomic mass is 9.98. The molecule has 2 N–H and O–H groups in total. The summed E-state index contributed by atoms with van der Waals surface area (Å²) in [6.07, 6.45) is 2.77. The van der Waals surface area contributed by atoms with Gasteiger partial charge in [-0.1, -0.05) is 19.9 Å². The highest BCUT2D eigenvalue weighted by molar-refractivity contribution is 7.15. The van der Waals surface area contributed by atoms with Gasteiger partial charge in [-0.25, -0.2) is 24.1 Å². The third kappa shape index (κ3) is 5.25. The zero-order valence-corrected chi connectivity index (χ0v) is 20.0. The van der Waals surface area contributed by atoms with Gasteiger partial charge in [0, 0.05) is 30.8 Å². The Morgan fingerprint density at radius 1 is 1.30 bits per heavy atom. The van der Waals surface area contributed by atoms with E-state index in [0.717, 1.165) is 17.8 Å². The molecule has 7 nitrogen and oxygen atoms in total. The van der Waals surface area contributed by atoms with Gasteiger partial charge in [0.25, 0.3) is 0 Å². The summed E-state index contributed by atoms with van der Waals surface area (Å²) in [5.41, 5.74) is 7.24. The molecular formula is C23H25ClFN5O2S. The standard InChI is InChI=1S/C23H25ClFN5O2S/c1-13(2)12-32-23(31)30-10-7-14(8-11-30)21-29-19(15-4-3-5-16(26)18(15)25)20(33-21)17-6-9-27-22(24)28-17/h3-6,9,13-14H,7-8,10-12,26H2,1-2H3. The number of nitrogen functional groups attached to an aromatic ring is 1. The second-order valence-corrected chi connectivity index (χ2v) is 9.75. The van der Waals surface area contributed by atoms with E-state index in [1.54, 1.807) is 29.3 Å². The molecule has 2 aromatic heterocycles. The number of rotatable bonds is 5. The first-order valence-corrected chi connectivity index (χ1v) is 12.0. The molecule has 0 spiro atoms. The number of anilines is 1. The van der Waals surface area contributed by atoms with Crippen LogP contribution in [-0.2, 0) is 4.74 Å². The van der Waals surface area contributed by atoms with Crippen LogP contribution in [0, 0.1) is 11.7 Å². The molecule has 0 radical (unpaired) electrons. The van der Waals surface area contributed by atoms with Gasteiger partial charge in [0.05, 0.1) is 33.6 Å². The van der Waals surface area contributed by atoms with E-state index in [4.69, 9.17) is 27.1 Å². The zero-order valence-electron chi connectivity index (χ0n) is 18.4. The van der Waals surface area contributed by atoms with Crippen LogP contribution in [0.15, 0.2) is 30.5 Å². The monoisotopic (exact) mass is 489 g/mol. The predicted molar refractivity (Wildman–Crippen MR) is 128 cm³/mol. The van der Waals surface area contributed by atoms with Gasteiger partial charge >= 0.3 is 6.09 Å². The Morgan fingerprint density at radius 3 is 2.76 bits per heavy atom. The van der Waals surface area contributed by atoms with Crippen molar-refractivity contribution in [1.29, 1.82) is 0 Å². The maximum Gasteiger partial charge on any atom is 0.409 e. The average Bonchev–Trinajstić information content (AvgIpc) is 3.24. The first-order chi connectivity index (χ1) is 15.8. The molecular weight excluding hydrogens is 465 g/mol. The van der Waals surface area contributed by atoms with Gasteiger partial charge in [-0.15, -0.1) is 11.3 Å². The molecule has 1 aliphatic heterocycles. The fourth-order valence-electron chi connectivity index (χ4n) is 3.70. The molecule has 0 unspecified atom stereocenters. The van der Waals surface area contributed by atoms with Crippen LogP contribution in [0.1, 0.15) is 37.6 Å². The van der Waals surface area contributed by atoms with Gasteiger partial charge in [0.2, 0.25) is 5.28 Å². The molecule has 3 aromatic rings. The number of carbonyl (C=O) groups excluding carboxylic acids is 1. The zero-order chi connectivity index (χ0) is 23.5. The third-order valence-electron chi connectivity index (χ3n) is 5.43. The number of carbonyl (C=O) groups is 1. The molecule has 1 fully saturated rings. The van der Waals surface area contributed by atoms with Crippen molar-refractivity contribution in [2.45, 2.75) is 32.6 Å². The molecule has 1 aliphatic rings. The summed E-state index contributed by atoms with van der Waals surface area (Å²) < 4.78 is 20.3. The van der Waals surface area contributed by atoms with Gasteiger partial charge in [-0.2, -0.15) is 0 Å². The molecule has 1 aromatic carbocycles. The number of nitrogens with two attached hydrogens (primary N) is 1. The van der Waals surface area contributed by atoms with Gasteiger partial charge < -0.3 is 15.4 Å². The van der Waals surface area contributed by atoms with Gasteiger partial charge in [0.15, 0.2) is 5.82 Å². The highest BCUT2D eigenvalue weighted by Crippen LogP contribution is 2.42. The third-order valence-corrected chi connectivity index (χ3v) is 6.85. The Kier molecular flexibility index (Phi) is 7.09. The number of piperidine rings is 1. The molecule has 4 rings (SSSR count). The first kappa shape index (κ1) is 23.4. The number of amides is 1. The second-order valence-electron chi connectivity index (χ2n) is 8.38. The number of halogens is 2. The van der Waals surface area contributed by atoms with Crippen molar-refractivity contribution < 1.29 is 13.9 Å². The number of hydrogen-bond acceptors (Lipinski definition) is 7. The summed E-state index contributed by atoms with van der Waals surface area (Å²) in [6, 6.07) is 6.60. The van der Waals surface area contributed by atoms with Crippen LogP contribution in [0.25, 0.3) is 21.8 Å². The molecule has 3 heterocycles. The lowest BCUT2D eigenvalue weighted by Gasteiger charge is -2.30. The molecule has 0 atom stereocenters. The molecule has 33 heavy (non-hydrogen) atoms. The van der Waals surface area contributed by atoms with E-state index in [0.29, 0.717) is 47.4 Å². The number of nitrogens with zero attached hydrogens (tertiary/aromatic N) is 4. The number of benzene rings is 1. The summed E-state index contributed by atoms with van der Waals surface area (Å²) in [5, 5.41) is 0.974. The lowest BCUT2D eigenvalue weighted by Crippen LogP contribution is -2.38. The van der Waals surface area contributed by atoms with Crippen molar-refractivity contribution >= 4 is 34.7 Å². The molecule has 10 heteroatoms. The molecule has 1 saturated heterocycles. The van der Waals surface area contributed by atoms with Crippen molar-refractivity contribution in [2.75, 3.05) is 25.4 Å². The molecule has 0 aliphatic carbocycles. The number of ether oxygens (including phenoxy) is 1. The number of thiazole rings is 1. The van der Waals surface area contributed by atoms with E-state index >= 15 is 0 Å². The van der Waals surface area contributed by atoms with Gasteiger partial charge in [-0.3, -0.25) is 0 Å². The summed E-state index contributed by atoms with van der Waals surface area (Å²) in [5.74, 6) is -0.0853. The fourth-order valence-corrected chi connectivity index (χ4v) is 5.07. The van der Waals surface area contributed by atoms with E-state index in [1.807, 2.05) is 13.8 Å². The van der Waals surface area contributed by atoms with Crippen LogP contribution in [0.2, 0.25) is 5.28 Å². The summed E-state index contributed by atoms with van der Waals surface area (Å²) in [7, 11) is 0. The van der Waals surface area contributed by atoms with Crippen LogP contribution in [0.4, 0.5) is 14.9 Å². The van der Waals surface area contributed by atoms with Crippen molar-refractivity contribution in [1.82, 2.24) is 19.9 Å². The fraction of sp³-hybridized carbons (Fsp3) is 0.391. The van der Waals surface area contributed by atoms with E-state index in [9.17, 15) is 9.18 Å². The number of hydrogen-bond donors (Lipinski definition) is 1. The SMILES string of the molecule is CC(C)COC(=O)N1CCC(c2nc(-c3cccc(N)c3F)c(-c3ccnc(Cl)n3)s2)CC1. The highest BCUT2D eigenvalue weighted by Gasteiger charge is 2.29. The molecule has 174 valence electrons. The maximum atomic E-state index is 14.9. The van der Waals surface area contributed by atoms with Crippen LogP contribution < -0.4 is 5.73 Å². The minimum absolute atomic E-state index is 0.0574. The van der Waals surface area contributed by atoms with Crippen molar-refractivity contribution in [3.8, 4) is 21.8 Å². The van der Waals surface area contributed by atoms with E-state index in [1.165, 1.54) is 17.4 Å². The molecule has 0 bridgehead atoms. The summed E-state index contributed by atoms with van der Waals surface area (Å²) in [4.78, 5) is 27.8. The molecule has 0 saturated carbocycles. The molecule has 1 amide bonds. The first-order valence-electron chi connectivity index (χ1n) is 10.8. The lowest BCUT2D eigenvalue weighted by molar-refractivity contribution is 0.0834. The van der Waals surface area contributed by atoms with E-state index in [2.05, 4.69) is 9.97 Å². The Morgan fingerprint density at radius 2 is 2.06 bits per heavy atom. The van der Waals surface area contributed by atoms with Crippen molar-refractivity contribution in [3.63, 3.8) is 0 Å². The van der Waals surface area contributed by atoms with Crippen LogP contribution in [0.3, 0.4) is 0 Å². The normalized spacial score (nSPS) is 14.6. The smallest absolute Gasteiger partial charge is 0.409 e. The Labute approximate surface area is 200 Å². The van der Waals surface area contributed by atoms with Crippen molar-refractivity contribution in [2.24, 2.45) is 5.92 Å². The minimum Gasteiger partial charge on any atom is -0.449 e. The quantitative estimate of drug-likeness (QED) is 0.369. The average molecular weight is 490 g/mol. The van der Waals surface area contributed by atoms with Crippen LogP contribution in [-0.4, -0.2) is 45.6 Å². The summed E-state index contributed by atoms with van der Waals surface area (Å²) in [6.45, 7) is 5.58. The highest BCUT2D eigenvalue weighted by atomic mass is 35.5. The minimum atomic E-state index is -0.515. The number of likely N-dealkylation sites (tertiary alicyclic amines) is 1. The Bertz CT molecular complexity index is 1150. The van der Waals surface area contributed by atoms with Gasteiger partial charge in [0.1, 0.15) is 0 Å². The van der Waals surface area contributed by atoms with E-state index in [-0.39, 0.29) is 23.0 Å². The van der Waals surface area contributed by atoms with Crippen molar-refractivity contribution in [3.05, 3.63) is 46.6 Å². The van der Waals surface area contributed by atoms with Crippen LogP contribution in [0.5, 0.6) is 0 Å². The van der Waals surface area contributed by atoms with E-state index < -0.39 is 5.82 Å². The second kappa shape index (κ2) is 10.0. The Balaban J connectivity index is 1.61. The summed E-state index contributed by atoms with van der Waals surface area (Å²) >= 11 is 7.47. The van der Waals surface area contributed by atoms with Crippen LogP contribution >= 0.6 is 22.9 Å². The predicted octanol–water partition coefficient (Wildman–Crippen LogP) is 5.61. The largest absolute Gasteiger partial charge is 0.449 e. The van der Waals surface area contributed by atoms with Gasteiger partial charge in [-0.05, 0) is 48.6 Å². The maximum absolute atomic E-state index is 14.9. The Hall–Kier alpha value is -2.78. The topological polar surface area (TPSA) is 94.2 Å². The number of aromatic nitrogens is 3.